The highest BCUT2D eigenvalue weighted by atomic mass is 79.9. The number of carbonyl (C=O) groups is 2. The first-order chi connectivity index (χ1) is 15.7. The molecule has 1 aliphatic rings. The summed E-state index contributed by atoms with van der Waals surface area (Å²) in [7, 11) is 0. The maximum absolute atomic E-state index is 13.3. The number of aliphatic carboxylic acids is 1. The Hall–Kier alpha value is -2.71. The highest BCUT2D eigenvalue weighted by Gasteiger charge is 2.30. The third kappa shape index (κ3) is 6.49. The van der Waals surface area contributed by atoms with Gasteiger partial charge < -0.3 is 19.8 Å². The van der Waals surface area contributed by atoms with E-state index in [0.29, 0.717) is 12.1 Å². The summed E-state index contributed by atoms with van der Waals surface area (Å²) in [5.74, 6) is -0.652. The largest absolute Gasteiger partial charge is 0.507 e. The van der Waals surface area contributed by atoms with Gasteiger partial charge in [0.2, 0.25) is 0 Å². The van der Waals surface area contributed by atoms with Gasteiger partial charge in [-0.05, 0) is 40.2 Å². The van der Waals surface area contributed by atoms with E-state index >= 15 is 0 Å². The minimum Gasteiger partial charge on any atom is -0.507 e. The molecule has 0 unspecified atom stereocenters. The number of ether oxygens (including phenoxy) is 1. The molecule has 1 aliphatic heterocycles. The highest BCUT2D eigenvalue weighted by molar-refractivity contribution is 8.93. The SMILES string of the molecule is Br.CC(C)(C)c1cc(C(=O)CN2Cc3ccc(COCC(=O)O)cc3C2=N)cc(C(C)(C)C)c1O. The van der Waals surface area contributed by atoms with Crippen LogP contribution in [0.3, 0.4) is 0 Å². The first-order valence-electron chi connectivity index (χ1n) is 11.3. The minimum absolute atomic E-state index is 0. The monoisotopic (exact) mass is 546 g/mol. The van der Waals surface area contributed by atoms with Gasteiger partial charge in [0, 0.05) is 28.8 Å². The second-order valence-electron chi connectivity index (χ2n) is 10.9. The minimum atomic E-state index is -1.03. The number of phenolic OH excluding ortho intramolecular Hbond substituents is 1. The summed E-state index contributed by atoms with van der Waals surface area (Å²) in [5.41, 5.74) is 3.76. The van der Waals surface area contributed by atoms with Crippen LogP contribution in [-0.4, -0.2) is 45.9 Å². The Morgan fingerprint density at radius 3 is 2.11 bits per heavy atom. The summed E-state index contributed by atoms with van der Waals surface area (Å²) in [5, 5.41) is 28.3. The summed E-state index contributed by atoms with van der Waals surface area (Å²) in [6.07, 6.45) is 0. The second-order valence-corrected chi connectivity index (χ2v) is 10.9. The molecule has 0 amide bonds. The molecule has 0 aromatic heterocycles. The Balaban J connectivity index is 0.00000432. The van der Waals surface area contributed by atoms with Crippen LogP contribution in [0.2, 0.25) is 0 Å². The van der Waals surface area contributed by atoms with Gasteiger partial charge in [0.1, 0.15) is 18.2 Å². The van der Waals surface area contributed by atoms with Crippen molar-refractivity contribution in [3.05, 3.63) is 63.7 Å². The zero-order valence-corrected chi connectivity index (χ0v) is 22.9. The Morgan fingerprint density at radius 1 is 1.03 bits per heavy atom. The van der Waals surface area contributed by atoms with Gasteiger partial charge in [-0.3, -0.25) is 10.2 Å². The van der Waals surface area contributed by atoms with E-state index in [9.17, 15) is 14.7 Å². The standard InChI is InChI=1S/C27H34N2O5.BrH/c1-26(2,3)20-10-18(11-21(24(20)33)27(4,5)6)22(30)13-29-12-17-8-7-16(9-19(17)25(29)28)14-34-15-23(31)32;/h7-11,28,33H,12-15H2,1-6H3,(H,31,32);1H. The number of phenols is 1. The predicted octanol–water partition coefficient (Wildman–Crippen LogP) is 5.19. The molecule has 0 fully saturated rings. The quantitative estimate of drug-likeness (QED) is 0.412. The van der Waals surface area contributed by atoms with Gasteiger partial charge in [-0.15, -0.1) is 17.0 Å². The number of hydrogen-bond acceptors (Lipinski definition) is 5. The number of rotatable bonds is 7. The van der Waals surface area contributed by atoms with Crippen LogP contribution < -0.4 is 0 Å². The number of carboxylic acids is 1. The lowest BCUT2D eigenvalue weighted by molar-refractivity contribution is -0.142. The van der Waals surface area contributed by atoms with Gasteiger partial charge in [-0.2, -0.15) is 0 Å². The van der Waals surface area contributed by atoms with Crippen molar-refractivity contribution < 1.29 is 24.5 Å². The van der Waals surface area contributed by atoms with Crippen LogP contribution in [0, 0.1) is 5.41 Å². The Bertz CT molecular complexity index is 1110. The Labute approximate surface area is 217 Å². The Morgan fingerprint density at radius 2 is 1.60 bits per heavy atom. The lowest BCUT2D eigenvalue weighted by Crippen LogP contribution is -2.30. The average Bonchev–Trinajstić information content (AvgIpc) is 3.01. The fraction of sp³-hybridized carbons (Fsp3) is 0.444. The van der Waals surface area contributed by atoms with E-state index in [4.69, 9.17) is 15.3 Å². The van der Waals surface area contributed by atoms with Crippen molar-refractivity contribution in [3.8, 4) is 5.75 Å². The number of nitrogens with zero attached hydrogens (tertiary/aromatic N) is 1. The van der Waals surface area contributed by atoms with Crippen LogP contribution in [0.1, 0.15) is 79.7 Å². The number of carboxylic acid groups (broad SMARTS) is 1. The number of nitrogens with one attached hydrogen (secondary N) is 1. The van der Waals surface area contributed by atoms with Crippen molar-refractivity contribution in [2.45, 2.75) is 65.5 Å². The molecule has 0 saturated heterocycles. The molecule has 190 valence electrons. The van der Waals surface area contributed by atoms with E-state index in [2.05, 4.69) is 0 Å². The zero-order chi connectivity index (χ0) is 25.4. The number of amidine groups is 1. The van der Waals surface area contributed by atoms with E-state index < -0.39 is 5.97 Å². The molecule has 3 rings (SSSR count). The average molecular weight is 547 g/mol. The van der Waals surface area contributed by atoms with E-state index in [1.807, 2.05) is 59.7 Å². The molecule has 0 spiro atoms. The fourth-order valence-electron chi connectivity index (χ4n) is 4.12. The molecular weight excluding hydrogens is 512 g/mol. The number of carbonyl (C=O) groups excluding carboxylic acids is 1. The topological polar surface area (TPSA) is 111 Å². The molecular formula is C27H35BrN2O5. The first kappa shape index (κ1) is 28.5. The molecule has 2 aromatic rings. The molecule has 0 radical (unpaired) electrons. The van der Waals surface area contributed by atoms with Gasteiger partial charge in [-0.25, -0.2) is 4.79 Å². The van der Waals surface area contributed by atoms with E-state index in [1.165, 1.54) is 0 Å². The summed E-state index contributed by atoms with van der Waals surface area (Å²) in [4.78, 5) is 25.7. The smallest absolute Gasteiger partial charge is 0.329 e. The number of halogens is 1. The summed E-state index contributed by atoms with van der Waals surface area (Å²) in [6.45, 7) is 12.3. The lowest BCUT2D eigenvalue weighted by atomic mass is 9.78. The summed E-state index contributed by atoms with van der Waals surface area (Å²) >= 11 is 0. The molecule has 2 aromatic carbocycles. The van der Waals surface area contributed by atoms with Crippen LogP contribution in [0.5, 0.6) is 5.75 Å². The van der Waals surface area contributed by atoms with E-state index in [0.717, 1.165) is 27.8 Å². The molecule has 1 heterocycles. The van der Waals surface area contributed by atoms with Crippen molar-refractivity contribution in [2.75, 3.05) is 13.2 Å². The van der Waals surface area contributed by atoms with Gasteiger partial charge in [-0.1, -0.05) is 53.7 Å². The molecule has 3 N–H and O–H groups in total. The van der Waals surface area contributed by atoms with E-state index in [-0.39, 0.29) is 64.9 Å². The maximum atomic E-state index is 13.3. The number of Topliss-reactive ketones (excluding diaryl/α,β-unsaturated/α-hetero) is 1. The number of fused-ring (bicyclic) bond motifs is 1. The summed E-state index contributed by atoms with van der Waals surface area (Å²) in [6, 6.07) is 9.11. The van der Waals surface area contributed by atoms with Crippen molar-refractivity contribution >= 4 is 34.6 Å². The molecule has 0 saturated carbocycles. The second kappa shape index (κ2) is 10.5. The molecule has 35 heavy (non-hydrogen) atoms. The van der Waals surface area contributed by atoms with Crippen LogP contribution >= 0.6 is 17.0 Å². The number of hydrogen-bond donors (Lipinski definition) is 3. The lowest BCUT2D eigenvalue weighted by Gasteiger charge is -2.28. The molecule has 0 aliphatic carbocycles. The number of aromatic hydroxyl groups is 1. The van der Waals surface area contributed by atoms with Crippen molar-refractivity contribution in [3.63, 3.8) is 0 Å². The van der Waals surface area contributed by atoms with Gasteiger partial charge in [0.05, 0.1) is 13.2 Å². The first-order valence-corrected chi connectivity index (χ1v) is 11.3. The van der Waals surface area contributed by atoms with Crippen molar-refractivity contribution in [1.29, 1.82) is 5.41 Å². The third-order valence-corrected chi connectivity index (χ3v) is 5.98. The molecule has 7 nitrogen and oxygen atoms in total. The normalized spacial score (nSPS) is 13.4. The van der Waals surface area contributed by atoms with Crippen LogP contribution in [0.15, 0.2) is 30.3 Å². The van der Waals surface area contributed by atoms with Gasteiger partial charge >= 0.3 is 5.97 Å². The molecule has 0 bridgehead atoms. The van der Waals surface area contributed by atoms with Crippen molar-refractivity contribution in [1.82, 2.24) is 4.90 Å². The van der Waals surface area contributed by atoms with Gasteiger partial charge in [0.15, 0.2) is 5.78 Å². The molecule has 8 heteroatoms. The fourth-order valence-corrected chi connectivity index (χ4v) is 4.12. The Kier molecular flexibility index (Phi) is 8.56. The highest BCUT2D eigenvalue weighted by Crippen LogP contribution is 2.40. The van der Waals surface area contributed by atoms with Crippen LogP contribution in [0.25, 0.3) is 0 Å². The van der Waals surface area contributed by atoms with Gasteiger partial charge in [0.25, 0.3) is 0 Å². The number of benzene rings is 2. The van der Waals surface area contributed by atoms with Crippen LogP contribution in [-0.2, 0) is 33.5 Å². The zero-order valence-electron chi connectivity index (χ0n) is 21.2. The van der Waals surface area contributed by atoms with Crippen molar-refractivity contribution in [2.24, 2.45) is 0 Å². The maximum Gasteiger partial charge on any atom is 0.329 e. The third-order valence-electron chi connectivity index (χ3n) is 5.98. The van der Waals surface area contributed by atoms with Crippen LogP contribution in [0.4, 0.5) is 0 Å². The predicted molar refractivity (Wildman–Crippen MR) is 141 cm³/mol. The molecule has 0 atom stereocenters. The summed E-state index contributed by atoms with van der Waals surface area (Å²) < 4.78 is 5.15. The van der Waals surface area contributed by atoms with E-state index in [1.54, 1.807) is 17.0 Å². The number of ketones is 1.